The van der Waals surface area contributed by atoms with E-state index in [0.29, 0.717) is 13.1 Å². The molecule has 0 unspecified atom stereocenters. The summed E-state index contributed by atoms with van der Waals surface area (Å²) in [5, 5.41) is 7.31. The molecule has 2 aromatic carbocycles. The highest BCUT2D eigenvalue weighted by Crippen LogP contribution is 2.30. The first-order valence-electron chi connectivity index (χ1n) is 11.6. The first-order valence-corrected chi connectivity index (χ1v) is 11.6. The molecule has 2 N–H and O–H groups in total. The maximum atomic E-state index is 12.4. The molecule has 0 atom stereocenters. The third-order valence-electron chi connectivity index (χ3n) is 5.78. The number of carbonyl (C=O) groups is 1. The minimum absolute atomic E-state index is 0.00702. The van der Waals surface area contributed by atoms with Crippen LogP contribution in [0.5, 0.6) is 11.5 Å². The number of amides is 2. The van der Waals surface area contributed by atoms with Crippen LogP contribution >= 0.6 is 0 Å². The van der Waals surface area contributed by atoms with Crippen LogP contribution in [0.2, 0.25) is 0 Å². The van der Waals surface area contributed by atoms with Gasteiger partial charge in [-0.1, -0.05) is 0 Å². The number of piperidine rings is 1. The third kappa shape index (κ3) is 5.68. The Bertz CT molecular complexity index is 1170. The topological polar surface area (TPSA) is 88.6 Å². The van der Waals surface area contributed by atoms with Gasteiger partial charge in [-0.05, 0) is 69.7 Å². The Morgan fingerprint density at radius 2 is 1.85 bits per heavy atom. The molecule has 2 heterocycles. The molecule has 180 valence electrons. The van der Waals surface area contributed by atoms with Gasteiger partial charge < -0.3 is 25.0 Å². The standard InChI is InChI=1S/C26H33N5O3/c1-17-14-18(29-24-21-15-20(33-5)7-8-22(21)27-16-28-24)6-9-23(17)34-19-10-12-31(13-11-19)25(32)30-26(2,3)4/h6-9,14-16,19H,10-13H2,1-5H3,(H,30,32)(H,27,28,29). The molecule has 0 bridgehead atoms. The number of hydrogen-bond donors (Lipinski definition) is 2. The number of benzene rings is 2. The van der Waals surface area contributed by atoms with E-state index in [1.807, 2.05) is 62.9 Å². The highest BCUT2D eigenvalue weighted by Gasteiger charge is 2.26. The maximum Gasteiger partial charge on any atom is 0.317 e. The van der Waals surface area contributed by atoms with E-state index in [-0.39, 0.29) is 17.7 Å². The van der Waals surface area contributed by atoms with Crippen molar-refractivity contribution in [3.63, 3.8) is 0 Å². The van der Waals surface area contributed by atoms with Crippen LogP contribution in [-0.2, 0) is 0 Å². The van der Waals surface area contributed by atoms with Crippen molar-refractivity contribution in [3.8, 4) is 11.5 Å². The number of methoxy groups -OCH3 is 1. The molecule has 0 saturated carbocycles. The summed E-state index contributed by atoms with van der Waals surface area (Å²) in [5.41, 5.74) is 2.56. The Labute approximate surface area is 200 Å². The molecule has 1 saturated heterocycles. The fourth-order valence-electron chi connectivity index (χ4n) is 4.01. The number of urea groups is 1. The lowest BCUT2D eigenvalue weighted by Gasteiger charge is -2.34. The average molecular weight is 464 g/mol. The largest absolute Gasteiger partial charge is 0.497 e. The molecule has 8 heteroatoms. The first-order chi connectivity index (χ1) is 16.2. The first kappa shape index (κ1) is 23.6. The highest BCUT2D eigenvalue weighted by molar-refractivity contribution is 5.91. The molecular formula is C26H33N5O3. The number of likely N-dealkylation sites (tertiary alicyclic amines) is 1. The van der Waals surface area contributed by atoms with Crippen LogP contribution in [0.4, 0.5) is 16.3 Å². The number of anilines is 2. The van der Waals surface area contributed by atoms with Crippen LogP contribution in [0, 0.1) is 6.92 Å². The lowest BCUT2D eigenvalue weighted by molar-refractivity contribution is 0.108. The Morgan fingerprint density at radius 1 is 1.09 bits per heavy atom. The molecule has 8 nitrogen and oxygen atoms in total. The number of hydrogen-bond acceptors (Lipinski definition) is 6. The number of ether oxygens (including phenoxy) is 2. The maximum absolute atomic E-state index is 12.4. The van der Waals surface area contributed by atoms with Gasteiger partial charge in [0, 0.05) is 42.5 Å². The van der Waals surface area contributed by atoms with E-state index < -0.39 is 0 Å². The minimum Gasteiger partial charge on any atom is -0.497 e. The van der Waals surface area contributed by atoms with Crippen molar-refractivity contribution >= 4 is 28.4 Å². The number of rotatable bonds is 5. The van der Waals surface area contributed by atoms with Crippen LogP contribution in [0.25, 0.3) is 10.9 Å². The van der Waals surface area contributed by atoms with Crippen molar-refractivity contribution in [2.45, 2.75) is 52.2 Å². The number of fused-ring (bicyclic) bond motifs is 1. The van der Waals surface area contributed by atoms with E-state index in [2.05, 4.69) is 26.7 Å². The summed E-state index contributed by atoms with van der Waals surface area (Å²) in [6, 6.07) is 11.7. The second-order valence-corrected chi connectivity index (χ2v) is 9.70. The summed E-state index contributed by atoms with van der Waals surface area (Å²) < 4.78 is 11.6. The van der Waals surface area contributed by atoms with Gasteiger partial charge in [-0.3, -0.25) is 0 Å². The number of aromatic nitrogens is 2. The monoisotopic (exact) mass is 463 g/mol. The van der Waals surface area contributed by atoms with Gasteiger partial charge in [-0.25, -0.2) is 14.8 Å². The highest BCUT2D eigenvalue weighted by atomic mass is 16.5. The number of nitrogens with one attached hydrogen (secondary N) is 2. The second-order valence-electron chi connectivity index (χ2n) is 9.70. The van der Waals surface area contributed by atoms with Crippen molar-refractivity contribution < 1.29 is 14.3 Å². The van der Waals surface area contributed by atoms with Gasteiger partial charge in [0.15, 0.2) is 0 Å². The fraction of sp³-hybridized carbons (Fsp3) is 0.423. The molecular weight excluding hydrogens is 430 g/mol. The smallest absolute Gasteiger partial charge is 0.317 e. The zero-order valence-corrected chi connectivity index (χ0v) is 20.5. The molecule has 2 amide bonds. The summed E-state index contributed by atoms with van der Waals surface area (Å²) in [6.07, 6.45) is 3.27. The molecule has 0 radical (unpaired) electrons. The van der Waals surface area contributed by atoms with E-state index in [9.17, 15) is 4.79 Å². The molecule has 4 rings (SSSR count). The SMILES string of the molecule is COc1ccc2ncnc(Nc3ccc(OC4CCN(C(=O)NC(C)(C)C)CC4)c(C)c3)c2c1. The fourth-order valence-corrected chi connectivity index (χ4v) is 4.01. The van der Waals surface area contributed by atoms with Gasteiger partial charge in [0.2, 0.25) is 0 Å². The summed E-state index contributed by atoms with van der Waals surface area (Å²) >= 11 is 0. The van der Waals surface area contributed by atoms with Crippen LogP contribution in [0.3, 0.4) is 0 Å². The normalized spacial score (nSPS) is 14.7. The number of nitrogens with zero attached hydrogens (tertiary/aromatic N) is 3. The number of carbonyl (C=O) groups excluding carboxylic acids is 1. The quantitative estimate of drug-likeness (QED) is 0.551. The van der Waals surface area contributed by atoms with Gasteiger partial charge >= 0.3 is 6.03 Å². The van der Waals surface area contributed by atoms with Crippen molar-refractivity contribution in [2.24, 2.45) is 0 Å². The van der Waals surface area contributed by atoms with Gasteiger partial charge in [0.1, 0.15) is 29.7 Å². The molecule has 1 aromatic heterocycles. The molecule has 0 aliphatic carbocycles. The minimum atomic E-state index is -0.235. The van der Waals surface area contributed by atoms with E-state index >= 15 is 0 Å². The Hall–Kier alpha value is -3.55. The third-order valence-corrected chi connectivity index (χ3v) is 5.78. The molecule has 0 spiro atoms. The summed E-state index contributed by atoms with van der Waals surface area (Å²) in [7, 11) is 1.64. The molecule has 3 aromatic rings. The lowest BCUT2D eigenvalue weighted by atomic mass is 10.1. The Kier molecular flexibility index (Phi) is 6.77. The predicted molar refractivity (Wildman–Crippen MR) is 134 cm³/mol. The number of aryl methyl sites for hydroxylation is 1. The lowest BCUT2D eigenvalue weighted by Crippen LogP contribution is -2.51. The van der Waals surface area contributed by atoms with Crippen molar-refractivity contribution in [3.05, 3.63) is 48.3 Å². The molecule has 34 heavy (non-hydrogen) atoms. The van der Waals surface area contributed by atoms with Crippen molar-refractivity contribution in [1.82, 2.24) is 20.2 Å². The Balaban J connectivity index is 1.39. The van der Waals surface area contributed by atoms with Gasteiger partial charge in [-0.15, -0.1) is 0 Å². The van der Waals surface area contributed by atoms with Crippen molar-refractivity contribution in [1.29, 1.82) is 0 Å². The summed E-state index contributed by atoms with van der Waals surface area (Å²) in [5.74, 6) is 2.34. The second kappa shape index (κ2) is 9.75. The predicted octanol–water partition coefficient (Wildman–Crippen LogP) is 5.04. The van der Waals surface area contributed by atoms with Crippen molar-refractivity contribution in [2.75, 3.05) is 25.5 Å². The molecule has 1 fully saturated rings. The van der Waals surface area contributed by atoms with Crippen LogP contribution in [0.1, 0.15) is 39.2 Å². The van der Waals surface area contributed by atoms with Crippen LogP contribution < -0.4 is 20.1 Å². The van der Waals surface area contributed by atoms with Gasteiger partial charge in [-0.2, -0.15) is 0 Å². The van der Waals surface area contributed by atoms with E-state index in [1.54, 1.807) is 13.4 Å². The average Bonchev–Trinajstić information content (AvgIpc) is 2.80. The molecule has 1 aliphatic heterocycles. The Morgan fingerprint density at radius 3 is 2.53 bits per heavy atom. The zero-order valence-electron chi connectivity index (χ0n) is 20.5. The van der Waals surface area contributed by atoms with Crippen LogP contribution in [-0.4, -0.2) is 52.7 Å². The summed E-state index contributed by atoms with van der Waals surface area (Å²) in [4.78, 5) is 23.0. The van der Waals surface area contributed by atoms with E-state index in [1.165, 1.54) is 0 Å². The van der Waals surface area contributed by atoms with Gasteiger partial charge in [0.25, 0.3) is 0 Å². The zero-order chi connectivity index (χ0) is 24.3. The molecule has 1 aliphatic rings. The van der Waals surface area contributed by atoms with E-state index in [0.717, 1.165) is 52.3 Å². The van der Waals surface area contributed by atoms with Gasteiger partial charge in [0.05, 0.1) is 12.6 Å². The van der Waals surface area contributed by atoms with Crippen LogP contribution in [0.15, 0.2) is 42.7 Å². The summed E-state index contributed by atoms with van der Waals surface area (Å²) in [6.45, 7) is 9.39. The van der Waals surface area contributed by atoms with E-state index in [4.69, 9.17) is 9.47 Å².